The Morgan fingerprint density at radius 1 is 1.40 bits per heavy atom. The first kappa shape index (κ1) is 13.9. The predicted octanol–water partition coefficient (Wildman–Crippen LogP) is 2.12. The monoisotopic (exact) mass is 210 g/mol. The minimum Gasteiger partial charge on any atom is -0.326 e. The molecule has 0 radical (unpaired) electrons. The topological polar surface area (TPSA) is 58.9 Å². The summed E-state index contributed by atoms with van der Waals surface area (Å²) >= 11 is 0. The lowest BCUT2D eigenvalue weighted by molar-refractivity contribution is 0.869. The maximum atomic E-state index is 11.4. The van der Waals surface area contributed by atoms with Crippen molar-refractivity contribution in [1.29, 1.82) is 0 Å². The Bertz CT molecular complexity index is 342. The molecule has 0 fully saturated rings. The van der Waals surface area contributed by atoms with E-state index in [2.05, 4.69) is 11.9 Å². The number of aryl methyl sites for hydroxylation is 2. The molecule has 3 N–H and O–H groups in total. The van der Waals surface area contributed by atoms with Gasteiger partial charge in [0, 0.05) is 17.8 Å². The number of hydrogen-bond donors (Lipinski definition) is 2. The van der Waals surface area contributed by atoms with Crippen LogP contribution in [0.4, 0.5) is 0 Å². The molecular formula is C12H22N2O. The lowest BCUT2D eigenvalue weighted by atomic mass is 10.0. The summed E-state index contributed by atoms with van der Waals surface area (Å²) in [5.41, 5.74) is 8.20. The number of H-pyrrole nitrogens is 1. The van der Waals surface area contributed by atoms with Gasteiger partial charge in [-0.3, -0.25) is 4.79 Å². The Balaban J connectivity index is 0.000000921. The van der Waals surface area contributed by atoms with Crippen molar-refractivity contribution in [3.63, 3.8) is 0 Å². The van der Waals surface area contributed by atoms with Crippen LogP contribution in [0, 0.1) is 6.92 Å². The van der Waals surface area contributed by atoms with Gasteiger partial charge in [0.25, 0.3) is 5.56 Å². The molecule has 86 valence electrons. The molecule has 1 aromatic heterocycles. The quantitative estimate of drug-likeness (QED) is 0.802. The standard InChI is InChI=1S/C10H16N2O.C2H6/c1-3-4-8-5-7(2)12-10(13)9(8)6-11;1-2/h5H,3-4,6,11H2,1-2H3,(H,12,13);1-2H3. The maximum absolute atomic E-state index is 11.4. The van der Waals surface area contributed by atoms with Crippen LogP contribution in [0.3, 0.4) is 0 Å². The number of pyridine rings is 1. The molecule has 0 spiro atoms. The third-order valence-electron chi connectivity index (χ3n) is 2.09. The molecule has 0 aliphatic heterocycles. The fourth-order valence-corrected chi connectivity index (χ4v) is 1.50. The number of aromatic amines is 1. The lowest BCUT2D eigenvalue weighted by Gasteiger charge is -2.06. The van der Waals surface area contributed by atoms with E-state index in [1.807, 2.05) is 26.8 Å². The molecule has 0 saturated heterocycles. The van der Waals surface area contributed by atoms with E-state index in [9.17, 15) is 4.79 Å². The zero-order valence-corrected chi connectivity index (χ0v) is 10.2. The molecule has 1 heterocycles. The fourth-order valence-electron chi connectivity index (χ4n) is 1.50. The summed E-state index contributed by atoms with van der Waals surface area (Å²) in [6.45, 7) is 8.31. The van der Waals surface area contributed by atoms with Gasteiger partial charge in [-0.1, -0.05) is 27.2 Å². The molecule has 3 heteroatoms. The highest BCUT2D eigenvalue weighted by molar-refractivity contribution is 5.26. The Kier molecular flexibility index (Phi) is 6.71. The van der Waals surface area contributed by atoms with Crippen molar-refractivity contribution in [2.75, 3.05) is 0 Å². The second-order valence-corrected chi connectivity index (χ2v) is 3.24. The summed E-state index contributed by atoms with van der Waals surface area (Å²) in [6, 6.07) is 2.01. The lowest BCUT2D eigenvalue weighted by Crippen LogP contribution is -2.19. The van der Waals surface area contributed by atoms with E-state index in [-0.39, 0.29) is 5.56 Å². The molecule has 0 aliphatic rings. The van der Waals surface area contributed by atoms with Gasteiger partial charge in [0.05, 0.1) is 0 Å². The SMILES string of the molecule is CC.CCCc1cc(C)[nH]c(=O)c1CN. The van der Waals surface area contributed by atoms with Crippen molar-refractivity contribution < 1.29 is 0 Å². The van der Waals surface area contributed by atoms with Crippen molar-refractivity contribution >= 4 is 0 Å². The third-order valence-corrected chi connectivity index (χ3v) is 2.09. The number of nitrogens with two attached hydrogens (primary N) is 1. The summed E-state index contributed by atoms with van der Waals surface area (Å²) in [5.74, 6) is 0. The zero-order chi connectivity index (χ0) is 11.8. The molecule has 0 amide bonds. The first-order valence-corrected chi connectivity index (χ1v) is 5.60. The molecule has 3 nitrogen and oxygen atoms in total. The molecule has 1 aromatic rings. The molecule has 0 bridgehead atoms. The van der Waals surface area contributed by atoms with Crippen molar-refractivity contribution in [2.24, 2.45) is 5.73 Å². The van der Waals surface area contributed by atoms with Gasteiger partial charge in [-0.15, -0.1) is 0 Å². The van der Waals surface area contributed by atoms with E-state index in [0.29, 0.717) is 6.54 Å². The number of rotatable bonds is 3. The van der Waals surface area contributed by atoms with Gasteiger partial charge in [0.2, 0.25) is 0 Å². The number of nitrogens with one attached hydrogen (secondary N) is 1. The zero-order valence-electron chi connectivity index (χ0n) is 10.2. The van der Waals surface area contributed by atoms with Crippen LogP contribution in [0.1, 0.15) is 44.0 Å². The van der Waals surface area contributed by atoms with Gasteiger partial charge in [0.15, 0.2) is 0 Å². The van der Waals surface area contributed by atoms with E-state index in [1.165, 1.54) is 0 Å². The minimum absolute atomic E-state index is 0.0362. The van der Waals surface area contributed by atoms with Gasteiger partial charge < -0.3 is 10.7 Å². The summed E-state index contributed by atoms with van der Waals surface area (Å²) in [4.78, 5) is 14.2. The van der Waals surface area contributed by atoms with Crippen LogP contribution >= 0.6 is 0 Å². The average Bonchev–Trinajstić information content (AvgIpc) is 2.21. The van der Waals surface area contributed by atoms with Crippen LogP contribution < -0.4 is 11.3 Å². The maximum Gasteiger partial charge on any atom is 0.252 e. The van der Waals surface area contributed by atoms with Crippen LogP contribution in [0.5, 0.6) is 0 Å². The van der Waals surface area contributed by atoms with Gasteiger partial charge in [-0.25, -0.2) is 0 Å². The Morgan fingerprint density at radius 2 is 2.00 bits per heavy atom. The molecule has 0 atom stereocenters. The second-order valence-electron chi connectivity index (χ2n) is 3.24. The second kappa shape index (κ2) is 7.23. The molecular weight excluding hydrogens is 188 g/mol. The summed E-state index contributed by atoms with van der Waals surface area (Å²) in [5, 5.41) is 0. The summed E-state index contributed by atoms with van der Waals surface area (Å²) in [6.07, 6.45) is 1.97. The minimum atomic E-state index is -0.0362. The van der Waals surface area contributed by atoms with Gasteiger partial charge >= 0.3 is 0 Å². The smallest absolute Gasteiger partial charge is 0.252 e. The molecule has 0 saturated carbocycles. The highest BCUT2D eigenvalue weighted by atomic mass is 16.1. The average molecular weight is 210 g/mol. The molecule has 15 heavy (non-hydrogen) atoms. The largest absolute Gasteiger partial charge is 0.326 e. The van der Waals surface area contributed by atoms with E-state index in [4.69, 9.17) is 5.73 Å². The van der Waals surface area contributed by atoms with Crippen LogP contribution in [-0.4, -0.2) is 4.98 Å². The number of aromatic nitrogens is 1. The Labute approximate surface area is 91.7 Å². The van der Waals surface area contributed by atoms with E-state index in [1.54, 1.807) is 0 Å². The summed E-state index contributed by atoms with van der Waals surface area (Å²) < 4.78 is 0. The van der Waals surface area contributed by atoms with Gasteiger partial charge in [-0.2, -0.15) is 0 Å². The molecule has 1 rings (SSSR count). The van der Waals surface area contributed by atoms with Crippen molar-refractivity contribution in [2.45, 2.75) is 47.1 Å². The van der Waals surface area contributed by atoms with Crippen molar-refractivity contribution in [3.8, 4) is 0 Å². The van der Waals surface area contributed by atoms with E-state index >= 15 is 0 Å². The third kappa shape index (κ3) is 3.88. The molecule has 0 aliphatic carbocycles. The normalized spacial score (nSPS) is 9.40. The summed E-state index contributed by atoms with van der Waals surface area (Å²) in [7, 11) is 0. The molecule has 0 unspecified atom stereocenters. The van der Waals surface area contributed by atoms with Crippen molar-refractivity contribution in [1.82, 2.24) is 4.98 Å². The Hall–Kier alpha value is -1.09. The molecule has 0 aromatic carbocycles. The van der Waals surface area contributed by atoms with E-state index in [0.717, 1.165) is 29.7 Å². The van der Waals surface area contributed by atoms with Crippen LogP contribution in [0.2, 0.25) is 0 Å². The Morgan fingerprint density at radius 3 is 2.47 bits per heavy atom. The number of hydrogen-bond acceptors (Lipinski definition) is 2. The van der Waals surface area contributed by atoms with E-state index < -0.39 is 0 Å². The van der Waals surface area contributed by atoms with Gasteiger partial charge in [-0.05, 0) is 25.0 Å². The van der Waals surface area contributed by atoms with Crippen LogP contribution in [0.15, 0.2) is 10.9 Å². The highest BCUT2D eigenvalue weighted by Crippen LogP contribution is 2.07. The fraction of sp³-hybridized carbons (Fsp3) is 0.583. The van der Waals surface area contributed by atoms with Crippen LogP contribution in [0.25, 0.3) is 0 Å². The predicted molar refractivity (Wildman–Crippen MR) is 65.0 cm³/mol. The highest BCUT2D eigenvalue weighted by Gasteiger charge is 2.05. The van der Waals surface area contributed by atoms with Crippen LogP contribution in [-0.2, 0) is 13.0 Å². The van der Waals surface area contributed by atoms with Crippen molar-refractivity contribution in [3.05, 3.63) is 33.2 Å². The first-order chi connectivity index (χ1) is 7.19. The van der Waals surface area contributed by atoms with Gasteiger partial charge in [0.1, 0.15) is 0 Å². The first-order valence-electron chi connectivity index (χ1n) is 5.60.